The summed E-state index contributed by atoms with van der Waals surface area (Å²) in [7, 11) is 0. The van der Waals surface area contributed by atoms with Gasteiger partial charge < -0.3 is 31.9 Å². The number of hydrogen-bond donors (Lipinski definition) is 6. The van der Waals surface area contributed by atoms with Gasteiger partial charge in [-0.3, -0.25) is 0 Å². The molecule has 0 aliphatic carbocycles. The van der Waals surface area contributed by atoms with Gasteiger partial charge in [-0.1, -0.05) is 209 Å². The Balaban J connectivity index is 1.46. The van der Waals surface area contributed by atoms with Gasteiger partial charge in [0.2, 0.25) is 0 Å². The van der Waals surface area contributed by atoms with Crippen molar-refractivity contribution in [3.8, 4) is 0 Å². The third-order valence-electron chi connectivity index (χ3n) is 14.1. The number of nitrogens with one attached hydrogen (secondary N) is 6. The summed E-state index contributed by atoms with van der Waals surface area (Å²) in [5.74, 6) is 2.67. The van der Waals surface area contributed by atoms with Crippen molar-refractivity contribution >= 4 is 22.7 Å². The van der Waals surface area contributed by atoms with E-state index < -0.39 is 0 Å². The highest BCUT2D eigenvalue weighted by atomic mass is 15.0. The van der Waals surface area contributed by atoms with Crippen LogP contribution in [0.15, 0.2) is 168 Å². The number of allylic oxidation sites excluding steroid dienone is 8. The lowest BCUT2D eigenvalue weighted by molar-refractivity contribution is 0.818. The Morgan fingerprint density at radius 2 is 0.583 bits per heavy atom. The van der Waals surface area contributed by atoms with Gasteiger partial charge in [0.25, 0.3) is 0 Å². The van der Waals surface area contributed by atoms with Crippen LogP contribution in [0.1, 0.15) is 215 Å². The molecule has 0 unspecified atom stereocenters. The fourth-order valence-electron chi connectivity index (χ4n) is 9.94. The van der Waals surface area contributed by atoms with Gasteiger partial charge in [-0.2, -0.15) is 0 Å². The first-order chi connectivity index (χ1) is 34.2. The van der Waals surface area contributed by atoms with E-state index in [0.29, 0.717) is 60.2 Å². The van der Waals surface area contributed by atoms with Crippen molar-refractivity contribution in [2.75, 3.05) is 21.3 Å². The molecule has 0 fully saturated rings. The quantitative estimate of drug-likeness (QED) is 0.0500. The second-order valence-electron chi connectivity index (χ2n) is 22.4. The average Bonchev–Trinajstić information content (AvgIpc) is 3.34. The van der Waals surface area contributed by atoms with Crippen LogP contribution >= 0.6 is 0 Å². The molecule has 2 aliphatic rings. The van der Waals surface area contributed by atoms with Crippen molar-refractivity contribution in [1.82, 2.24) is 10.6 Å². The first kappa shape index (κ1) is 54.9. The zero-order valence-electron chi connectivity index (χ0n) is 46.8. The van der Waals surface area contributed by atoms with Gasteiger partial charge in [0.05, 0.1) is 34.2 Å². The normalized spacial score (nSPS) is 15.1. The topological polar surface area (TPSA) is 72.2 Å². The molecule has 0 saturated heterocycles. The minimum absolute atomic E-state index is 0.317. The number of hydrogen-bond acceptors (Lipinski definition) is 6. The van der Waals surface area contributed by atoms with Crippen molar-refractivity contribution in [3.63, 3.8) is 0 Å². The maximum absolute atomic E-state index is 4.66. The van der Waals surface area contributed by atoms with E-state index in [9.17, 15) is 0 Å². The molecule has 0 saturated carbocycles. The van der Waals surface area contributed by atoms with Crippen molar-refractivity contribution < 1.29 is 0 Å². The van der Waals surface area contributed by atoms with Crippen molar-refractivity contribution in [2.45, 2.75) is 171 Å². The molecule has 0 aromatic heterocycles. The molecule has 6 nitrogen and oxygen atoms in total. The Hall–Kier alpha value is -6.40. The van der Waals surface area contributed by atoms with E-state index in [2.05, 4.69) is 265 Å². The monoisotopic (exact) mass is 965 g/mol. The van der Waals surface area contributed by atoms with Gasteiger partial charge in [0.1, 0.15) is 0 Å². The Morgan fingerprint density at radius 3 is 0.806 bits per heavy atom. The predicted molar refractivity (Wildman–Crippen MR) is 315 cm³/mol. The zero-order valence-corrected chi connectivity index (χ0v) is 46.8. The third-order valence-corrected chi connectivity index (χ3v) is 14.1. The summed E-state index contributed by atoms with van der Waals surface area (Å²) in [6.45, 7) is 45.7. The molecule has 4 aromatic carbocycles. The largest absolute Gasteiger partial charge is 0.357 e. The van der Waals surface area contributed by atoms with Gasteiger partial charge in [-0.15, -0.1) is 0 Å². The molecule has 6 heteroatoms. The Labute approximate surface area is 436 Å². The second kappa shape index (κ2) is 24.3. The lowest BCUT2D eigenvalue weighted by Gasteiger charge is -2.28. The molecule has 2 aliphatic heterocycles. The predicted octanol–water partition coefficient (Wildman–Crippen LogP) is 18.7. The molecule has 0 radical (unpaired) electrons. The zero-order chi connectivity index (χ0) is 52.6. The summed E-state index contributed by atoms with van der Waals surface area (Å²) in [6.07, 6.45) is 14.4. The molecule has 6 rings (SSSR count). The van der Waals surface area contributed by atoms with Gasteiger partial charge in [-0.05, 0) is 129 Å². The van der Waals surface area contributed by atoms with Crippen LogP contribution in [0.5, 0.6) is 0 Å². The highest BCUT2D eigenvalue weighted by Gasteiger charge is 2.24. The van der Waals surface area contributed by atoms with Crippen LogP contribution < -0.4 is 31.9 Å². The molecule has 0 atom stereocenters. The number of para-hydroxylation sites is 4. The van der Waals surface area contributed by atoms with Gasteiger partial charge in [0, 0.05) is 34.1 Å². The number of benzene rings is 4. The van der Waals surface area contributed by atoms with Crippen molar-refractivity contribution in [1.29, 1.82) is 0 Å². The van der Waals surface area contributed by atoms with Gasteiger partial charge in [-0.25, -0.2) is 0 Å². The van der Waals surface area contributed by atoms with E-state index in [1.807, 2.05) is 0 Å². The molecule has 2 heterocycles. The summed E-state index contributed by atoms with van der Waals surface area (Å²) < 4.78 is 0. The smallest absolute Gasteiger partial charge is 0.0617 e. The van der Waals surface area contributed by atoms with E-state index in [1.54, 1.807) is 0 Å². The molecule has 0 bridgehead atoms. The second-order valence-corrected chi connectivity index (χ2v) is 22.4. The van der Waals surface area contributed by atoms with Crippen LogP contribution in [-0.2, 0) is 0 Å². The summed E-state index contributed by atoms with van der Waals surface area (Å²) in [5, 5.41) is 23.7. The molecule has 0 spiro atoms. The standard InChI is InChI=1S/C66H88N6/c1-39(2)49-25-19-26-50(40(3)4)63(49)67-47(17)57-33-23-35-59(69-57)61(71-65-53(43(9)10)29-21-30-54(65)44(11)12)37-38-62(72-66-55(45(13)14)31-22-32-56(66)46(15)16)60-36-24-34-58(70-60)48(18)68-64-51(41(5)6)27-20-28-52(64)42(7)8/h19-36,39-46,67-72H,17-18,37-38H2,1-16H3/b61-59+,62-60+. The molecule has 4 aromatic rings. The van der Waals surface area contributed by atoms with Crippen LogP contribution in [-0.4, -0.2) is 0 Å². The minimum atomic E-state index is 0.317. The summed E-state index contributed by atoms with van der Waals surface area (Å²) in [5.41, 5.74) is 22.7. The third kappa shape index (κ3) is 13.0. The van der Waals surface area contributed by atoms with Gasteiger partial charge in [0.15, 0.2) is 0 Å². The van der Waals surface area contributed by atoms with Crippen LogP contribution in [0, 0.1) is 0 Å². The molecular formula is C66H88N6. The van der Waals surface area contributed by atoms with Crippen LogP contribution in [0.2, 0.25) is 0 Å². The summed E-state index contributed by atoms with van der Waals surface area (Å²) >= 11 is 0. The molecule has 0 amide bonds. The molecule has 6 N–H and O–H groups in total. The molecular weight excluding hydrogens is 877 g/mol. The van der Waals surface area contributed by atoms with E-state index in [0.717, 1.165) is 57.0 Å². The van der Waals surface area contributed by atoms with Crippen molar-refractivity contribution in [3.05, 3.63) is 212 Å². The fraction of sp³-hybridized carbons (Fsp3) is 0.394. The fourth-order valence-corrected chi connectivity index (χ4v) is 9.94. The average molecular weight is 965 g/mol. The SMILES string of the molecule is C=C(Nc1c(C(C)C)cccc1C(C)C)C1=CC=C/C(=C(/CC/C(Nc2c(C(C)C)cccc2C(C)C)=C2/C=CC=C(C(=C)Nc3c(C(C)C)cccc3C(C)C)N2)Nc2c(C(C)C)cccc2C(C)C)N1. The van der Waals surface area contributed by atoms with Crippen LogP contribution in [0.25, 0.3) is 0 Å². The van der Waals surface area contributed by atoms with E-state index in [4.69, 9.17) is 0 Å². The van der Waals surface area contributed by atoms with Crippen LogP contribution in [0.3, 0.4) is 0 Å². The Morgan fingerprint density at radius 1 is 0.361 bits per heavy atom. The van der Waals surface area contributed by atoms with Crippen molar-refractivity contribution in [2.24, 2.45) is 0 Å². The van der Waals surface area contributed by atoms with Gasteiger partial charge >= 0.3 is 0 Å². The minimum Gasteiger partial charge on any atom is -0.357 e. The lowest BCUT2D eigenvalue weighted by Crippen LogP contribution is -2.24. The number of rotatable bonds is 21. The first-order valence-electron chi connectivity index (χ1n) is 26.9. The molecule has 72 heavy (non-hydrogen) atoms. The highest BCUT2D eigenvalue weighted by Crippen LogP contribution is 2.40. The van der Waals surface area contributed by atoms with E-state index in [-0.39, 0.29) is 0 Å². The summed E-state index contributed by atoms with van der Waals surface area (Å²) in [6, 6.07) is 26.8. The number of anilines is 4. The maximum atomic E-state index is 4.66. The Bertz CT molecular complexity index is 2500. The first-order valence-corrected chi connectivity index (χ1v) is 26.9. The van der Waals surface area contributed by atoms with E-state index in [1.165, 1.54) is 55.9 Å². The Kier molecular flexibility index (Phi) is 18.6. The maximum Gasteiger partial charge on any atom is 0.0617 e. The number of dihydropyridines is 2. The lowest BCUT2D eigenvalue weighted by atomic mass is 9.91. The highest BCUT2D eigenvalue weighted by molar-refractivity contribution is 5.69. The van der Waals surface area contributed by atoms with E-state index >= 15 is 0 Å². The molecule has 382 valence electrons. The summed E-state index contributed by atoms with van der Waals surface area (Å²) in [4.78, 5) is 0. The van der Waals surface area contributed by atoms with Crippen LogP contribution in [0.4, 0.5) is 22.7 Å².